The van der Waals surface area contributed by atoms with Gasteiger partial charge in [0.2, 0.25) is 0 Å². The van der Waals surface area contributed by atoms with E-state index in [0.717, 1.165) is 12.8 Å². The summed E-state index contributed by atoms with van der Waals surface area (Å²) >= 11 is 0. The van der Waals surface area contributed by atoms with E-state index in [4.69, 9.17) is 5.11 Å². The lowest BCUT2D eigenvalue weighted by Crippen LogP contribution is -2.18. The third-order valence-electron chi connectivity index (χ3n) is 2.88. The Morgan fingerprint density at radius 2 is 2.27 bits per heavy atom. The minimum Gasteiger partial charge on any atom is -0.481 e. The van der Waals surface area contributed by atoms with Crippen molar-refractivity contribution >= 4 is 5.97 Å². The normalized spacial score (nSPS) is 26.5. The molecule has 0 amide bonds. The molecule has 1 N–H and O–H groups in total. The molecule has 0 radical (unpaired) electrons. The van der Waals surface area contributed by atoms with Crippen molar-refractivity contribution in [2.24, 2.45) is 17.8 Å². The van der Waals surface area contributed by atoms with Crippen molar-refractivity contribution in [1.29, 1.82) is 0 Å². The average Bonchev–Trinajstić information content (AvgIpc) is 2.17. The lowest BCUT2D eigenvalue weighted by atomic mass is 9.80. The summed E-state index contributed by atoms with van der Waals surface area (Å²) in [6, 6.07) is 0. The highest BCUT2D eigenvalue weighted by molar-refractivity contribution is 5.67. The molecule has 0 aromatic rings. The molecule has 3 atom stereocenters. The van der Waals surface area contributed by atoms with Gasteiger partial charge in [0.1, 0.15) is 0 Å². The average molecular weight is 206 g/mol. The van der Waals surface area contributed by atoms with Crippen LogP contribution in [0.1, 0.15) is 33.1 Å². The van der Waals surface area contributed by atoms with E-state index in [9.17, 15) is 4.79 Å². The van der Waals surface area contributed by atoms with Crippen LogP contribution in [0.25, 0.3) is 0 Å². The van der Waals surface area contributed by atoms with E-state index in [1.165, 1.54) is 0 Å². The van der Waals surface area contributed by atoms with Crippen molar-refractivity contribution in [1.82, 2.24) is 0 Å². The van der Waals surface area contributed by atoms with E-state index in [1.54, 1.807) is 6.92 Å². The van der Waals surface area contributed by atoms with Gasteiger partial charge in [-0.2, -0.15) is 0 Å². The Hall–Kier alpha value is -1.23. The van der Waals surface area contributed by atoms with E-state index < -0.39 is 5.97 Å². The number of carboxylic acid groups (broad SMARTS) is 1. The van der Waals surface area contributed by atoms with Crippen molar-refractivity contribution in [3.8, 4) is 11.8 Å². The standard InChI is InChI=1S/C13H18O2/c1-3-4-12(9-13(14)15)11-7-5-10(2)6-8-11/h5,7,10-12H,6,8-9H2,1-2H3,(H,14,15). The number of hydrogen-bond donors (Lipinski definition) is 1. The van der Waals surface area contributed by atoms with Crippen LogP contribution >= 0.6 is 0 Å². The van der Waals surface area contributed by atoms with E-state index in [1.807, 2.05) is 0 Å². The maximum Gasteiger partial charge on any atom is 0.304 e. The number of aliphatic carboxylic acids is 1. The Morgan fingerprint density at radius 3 is 2.73 bits per heavy atom. The van der Waals surface area contributed by atoms with Gasteiger partial charge < -0.3 is 5.11 Å². The molecule has 0 spiro atoms. The van der Waals surface area contributed by atoms with Crippen molar-refractivity contribution in [3.05, 3.63) is 12.2 Å². The van der Waals surface area contributed by atoms with Gasteiger partial charge in [-0.1, -0.05) is 25.0 Å². The van der Waals surface area contributed by atoms with Crippen LogP contribution in [0.2, 0.25) is 0 Å². The highest BCUT2D eigenvalue weighted by atomic mass is 16.4. The first-order valence-electron chi connectivity index (χ1n) is 5.46. The molecule has 0 heterocycles. The highest BCUT2D eigenvalue weighted by Crippen LogP contribution is 2.29. The minimum atomic E-state index is -0.755. The zero-order valence-electron chi connectivity index (χ0n) is 9.36. The maximum atomic E-state index is 10.7. The second-order valence-corrected chi connectivity index (χ2v) is 4.20. The molecule has 82 valence electrons. The molecule has 1 aliphatic carbocycles. The van der Waals surface area contributed by atoms with Gasteiger partial charge in [-0.05, 0) is 31.6 Å². The van der Waals surface area contributed by atoms with E-state index in [0.29, 0.717) is 11.8 Å². The van der Waals surface area contributed by atoms with Crippen LogP contribution in [-0.4, -0.2) is 11.1 Å². The zero-order chi connectivity index (χ0) is 11.3. The summed E-state index contributed by atoms with van der Waals surface area (Å²) in [7, 11) is 0. The zero-order valence-corrected chi connectivity index (χ0v) is 9.36. The van der Waals surface area contributed by atoms with Crippen LogP contribution in [-0.2, 0) is 4.79 Å². The molecule has 0 aromatic carbocycles. The third-order valence-corrected chi connectivity index (χ3v) is 2.88. The lowest BCUT2D eigenvalue weighted by Gasteiger charge is -2.24. The smallest absolute Gasteiger partial charge is 0.304 e. The second-order valence-electron chi connectivity index (χ2n) is 4.20. The Bertz CT molecular complexity index is 306. The molecule has 1 rings (SSSR count). The van der Waals surface area contributed by atoms with Gasteiger partial charge >= 0.3 is 5.97 Å². The second kappa shape index (κ2) is 5.60. The molecule has 2 nitrogen and oxygen atoms in total. The molecule has 0 bridgehead atoms. The van der Waals surface area contributed by atoms with Crippen molar-refractivity contribution in [3.63, 3.8) is 0 Å². The quantitative estimate of drug-likeness (QED) is 0.569. The first-order valence-corrected chi connectivity index (χ1v) is 5.46. The van der Waals surface area contributed by atoms with Gasteiger partial charge in [0.15, 0.2) is 0 Å². The fourth-order valence-corrected chi connectivity index (χ4v) is 2.00. The number of rotatable bonds is 3. The van der Waals surface area contributed by atoms with E-state index in [-0.39, 0.29) is 12.3 Å². The van der Waals surface area contributed by atoms with Crippen molar-refractivity contribution < 1.29 is 9.90 Å². The molecule has 1 aliphatic rings. The fraction of sp³-hybridized carbons (Fsp3) is 0.615. The van der Waals surface area contributed by atoms with Crippen LogP contribution in [0.3, 0.4) is 0 Å². The predicted molar refractivity (Wildman–Crippen MR) is 60.2 cm³/mol. The first kappa shape index (κ1) is 11.8. The van der Waals surface area contributed by atoms with Crippen LogP contribution in [0, 0.1) is 29.6 Å². The molecule has 0 aliphatic heterocycles. The van der Waals surface area contributed by atoms with Crippen LogP contribution < -0.4 is 0 Å². The number of allylic oxidation sites excluding steroid dienone is 2. The Kier molecular flexibility index (Phi) is 4.42. The largest absolute Gasteiger partial charge is 0.481 e. The van der Waals surface area contributed by atoms with Gasteiger partial charge in [0.25, 0.3) is 0 Å². The van der Waals surface area contributed by atoms with Crippen LogP contribution in [0.5, 0.6) is 0 Å². The molecule has 3 unspecified atom stereocenters. The fourth-order valence-electron chi connectivity index (χ4n) is 2.00. The molecule has 15 heavy (non-hydrogen) atoms. The predicted octanol–water partition coefficient (Wildman–Crippen LogP) is 2.70. The highest BCUT2D eigenvalue weighted by Gasteiger charge is 2.22. The van der Waals surface area contributed by atoms with Crippen LogP contribution in [0.4, 0.5) is 0 Å². The number of hydrogen-bond acceptors (Lipinski definition) is 1. The van der Waals surface area contributed by atoms with E-state index in [2.05, 4.69) is 30.9 Å². The van der Waals surface area contributed by atoms with Gasteiger partial charge in [-0.3, -0.25) is 4.79 Å². The Labute approximate surface area is 91.4 Å². The maximum absolute atomic E-state index is 10.7. The summed E-state index contributed by atoms with van der Waals surface area (Å²) in [4.78, 5) is 10.7. The Morgan fingerprint density at radius 1 is 1.53 bits per heavy atom. The van der Waals surface area contributed by atoms with Gasteiger partial charge in [0.05, 0.1) is 6.42 Å². The molecular formula is C13H18O2. The molecule has 0 fully saturated rings. The first-order chi connectivity index (χ1) is 7.13. The summed E-state index contributed by atoms with van der Waals surface area (Å²) in [5, 5.41) is 8.80. The van der Waals surface area contributed by atoms with Crippen LogP contribution in [0.15, 0.2) is 12.2 Å². The molecule has 2 heteroatoms. The molecule has 0 aromatic heterocycles. The van der Waals surface area contributed by atoms with Gasteiger partial charge in [0, 0.05) is 5.92 Å². The number of carbonyl (C=O) groups is 1. The molecular weight excluding hydrogens is 188 g/mol. The van der Waals surface area contributed by atoms with Crippen molar-refractivity contribution in [2.45, 2.75) is 33.1 Å². The summed E-state index contributed by atoms with van der Waals surface area (Å²) in [6.07, 6.45) is 6.68. The SMILES string of the molecule is CC#CC(CC(=O)O)C1C=CC(C)CC1. The monoisotopic (exact) mass is 206 g/mol. The van der Waals surface area contributed by atoms with Gasteiger partial charge in [-0.15, -0.1) is 5.92 Å². The molecule has 0 saturated carbocycles. The van der Waals surface area contributed by atoms with E-state index >= 15 is 0 Å². The van der Waals surface area contributed by atoms with Crippen molar-refractivity contribution in [2.75, 3.05) is 0 Å². The number of carboxylic acids is 1. The lowest BCUT2D eigenvalue weighted by molar-refractivity contribution is -0.137. The third kappa shape index (κ3) is 3.79. The summed E-state index contributed by atoms with van der Waals surface area (Å²) < 4.78 is 0. The van der Waals surface area contributed by atoms with Gasteiger partial charge in [-0.25, -0.2) is 0 Å². The summed E-state index contributed by atoms with van der Waals surface area (Å²) in [5.74, 6) is 6.03. The summed E-state index contributed by atoms with van der Waals surface area (Å²) in [6.45, 7) is 3.95. The summed E-state index contributed by atoms with van der Waals surface area (Å²) in [5.41, 5.74) is 0. The molecule has 0 saturated heterocycles. The Balaban J connectivity index is 2.66. The topological polar surface area (TPSA) is 37.3 Å². The minimum absolute atomic E-state index is 0.0174.